The van der Waals surface area contributed by atoms with Crippen LogP contribution in [0.5, 0.6) is 11.5 Å². The Morgan fingerprint density at radius 3 is 2.75 bits per heavy atom. The van der Waals surface area contributed by atoms with E-state index < -0.39 is 0 Å². The third-order valence-electron chi connectivity index (χ3n) is 5.62. The molecule has 6 heteroatoms. The first kappa shape index (κ1) is 18.3. The number of benzene rings is 2. The molecule has 1 saturated heterocycles. The highest BCUT2D eigenvalue weighted by Gasteiger charge is 2.37. The highest BCUT2D eigenvalue weighted by atomic mass is 16.5. The van der Waals surface area contributed by atoms with Crippen molar-refractivity contribution >= 4 is 17.5 Å². The average molecular weight is 380 g/mol. The fraction of sp³-hybridized carbons (Fsp3) is 0.364. The van der Waals surface area contributed by atoms with Crippen LogP contribution >= 0.6 is 0 Å². The van der Waals surface area contributed by atoms with Crippen molar-refractivity contribution < 1.29 is 19.1 Å². The summed E-state index contributed by atoms with van der Waals surface area (Å²) in [4.78, 5) is 27.1. The van der Waals surface area contributed by atoms with E-state index in [1.165, 1.54) is 11.1 Å². The summed E-state index contributed by atoms with van der Waals surface area (Å²) in [6.07, 6.45) is 2.08. The van der Waals surface area contributed by atoms with Crippen LogP contribution in [-0.2, 0) is 16.0 Å². The average Bonchev–Trinajstić information content (AvgIpc) is 3.31. The van der Waals surface area contributed by atoms with Gasteiger partial charge in [-0.15, -0.1) is 0 Å². The number of hydrogen-bond acceptors (Lipinski definition) is 4. The predicted octanol–water partition coefficient (Wildman–Crippen LogP) is 2.86. The van der Waals surface area contributed by atoms with E-state index in [0.717, 1.165) is 12.8 Å². The third-order valence-corrected chi connectivity index (χ3v) is 5.62. The lowest BCUT2D eigenvalue weighted by Crippen LogP contribution is -2.35. The van der Waals surface area contributed by atoms with E-state index in [0.29, 0.717) is 23.7 Å². The molecular formula is C22H24N2O4. The van der Waals surface area contributed by atoms with E-state index in [1.54, 1.807) is 37.3 Å². The van der Waals surface area contributed by atoms with E-state index in [1.807, 2.05) is 12.1 Å². The lowest BCUT2D eigenvalue weighted by atomic mass is 10.1. The second kappa shape index (κ2) is 7.54. The number of ether oxygens (including phenoxy) is 2. The summed E-state index contributed by atoms with van der Waals surface area (Å²) in [5, 5.41) is 3.15. The van der Waals surface area contributed by atoms with Gasteiger partial charge in [0.1, 0.15) is 11.5 Å². The number of rotatable bonds is 5. The second-order valence-corrected chi connectivity index (χ2v) is 7.24. The number of anilines is 1. The maximum atomic E-state index is 12.8. The van der Waals surface area contributed by atoms with Gasteiger partial charge in [-0.1, -0.05) is 24.3 Å². The SMILES string of the molecule is COc1ccc(N2CC(C(=O)NC3CCc4ccccc43)CC2=O)c(OC)c1. The minimum atomic E-state index is -0.368. The van der Waals surface area contributed by atoms with Gasteiger partial charge in [-0.2, -0.15) is 0 Å². The molecule has 2 aromatic rings. The number of methoxy groups -OCH3 is 2. The zero-order valence-electron chi connectivity index (χ0n) is 16.1. The second-order valence-electron chi connectivity index (χ2n) is 7.24. The maximum Gasteiger partial charge on any atom is 0.227 e. The number of aryl methyl sites for hydroxylation is 1. The molecule has 2 atom stereocenters. The Labute approximate surface area is 164 Å². The summed E-state index contributed by atoms with van der Waals surface area (Å²) in [5.74, 6) is 0.701. The number of hydrogen-bond donors (Lipinski definition) is 1. The molecule has 2 amide bonds. The Kier molecular flexibility index (Phi) is 4.94. The van der Waals surface area contributed by atoms with E-state index in [9.17, 15) is 9.59 Å². The Hall–Kier alpha value is -3.02. The highest BCUT2D eigenvalue weighted by molar-refractivity contribution is 6.01. The van der Waals surface area contributed by atoms with Crippen molar-refractivity contribution in [3.63, 3.8) is 0 Å². The fourth-order valence-corrected chi connectivity index (χ4v) is 4.12. The largest absolute Gasteiger partial charge is 0.497 e. The van der Waals surface area contributed by atoms with Gasteiger partial charge in [0.25, 0.3) is 0 Å². The molecule has 1 aliphatic heterocycles. The Morgan fingerprint density at radius 2 is 1.96 bits per heavy atom. The Morgan fingerprint density at radius 1 is 1.14 bits per heavy atom. The van der Waals surface area contributed by atoms with Crippen molar-refractivity contribution in [2.75, 3.05) is 25.7 Å². The van der Waals surface area contributed by atoms with Crippen LogP contribution in [-0.4, -0.2) is 32.6 Å². The van der Waals surface area contributed by atoms with Crippen LogP contribution in [0.4, 0.5) is 5.69 Å². The summed E-state index contributed by atoms with van der Waals surface area (Å²) < 4.78 is 10.6. The van der Waals surface area contributed by atoms with Crippen molar-refractivity contribution in [1.82, 2.24) is 5.32 Å². The van der Waals surface area contributed by atoms with Crippen molar-refractivity contribution in [1.29, 1.82) is 0 Å². The molecule has 2 aliphatic rings. The van der Waals surface area contributed by atoms with Crippen LogP contribution in [0.15, 0.2) is 42.5 Å². The zero-order chi connectivity index (χ0) is 19.7. The van der Waals surface area contributed by atoms with E-state index >= 15 is 0 Å². The maximum absolute atomic E-state index is 12.8. The number of nitrogens with one attached hydrogen (secondary N) is 1. The Balaban J connectivity index is 1.47. The molecule has 2 unspecified atom stereocenters. The van der Waals surface area contributed by atoms with Gasteiger partial charge < -0.3 is 19.7 Å². The molecular weight excluding hydrogens is 356 g/mol. The number of carbonyl (C=O) groups excluding carboxylic acids is 2. The summed E-state index contributed by atoms with van der Waals surface area (Å²) in [6.45, 7) is 0.349. The quantitative estimate of drug-likeness (QED) is 0.866. The minimum absolute atomic E-state index is 0.0309. The van der Waals surface area contributed by atoms with Crippen LogP contribution in [0, 0.1) is 5.92 Å². The summed E-state index contributed by atoms with van der Waals surface area (Å²) in [5.41, 5.74) is 3.14. The molecule has 0 spiro atoms. The van der Waals surface area contributed by atoms with Gasteiger partial charge in [0, 0.05) is 19.0 Å². The summed E-state index contributed by atoms with van der Waals surface area (Å²) in [6, 6.07) is 13.6. The van der Waals surface area contributed by atoms with Crippen LogP contribution in [0.25, 0.3) is 0 Å². The van der Waals surface area contributed by atoms with Gasteiger partial charge in [0.05, 0.1) is 31.9 Å². The molecule has 0 aromatic heterocycles. The lowest BCUT2D eigenvalue weighted by Gasteiger charge is -2.21. The van der Waals surface area contributed by atoms with Gasteiger partial charge in [0.2, 0.25) is 11.8 Å². The number of fused-ring (bicyclic) bond motifs is 1. The predicted molar refractivity (Wildman–Crippen MR) is 106 cm³/mol. The molecule has 1 N–H and O–H groups in total. The van der Waals surface area contributed by atoms with Crippen LogP contribution < -0.4 is 19.7 Å². The smallest absolute Gasteiger partial charge is 0.227 e. The Bertz CT molecular complexity index is 911. The molecule has 28 heavy (non-hydrogen) atoms. The monoisotopic (exact) mass is 380 g/mol. The van der Waals surface area contributed by atoms with Gasteiger partial charge in [-0.25, -0.2) is 0 Å². The number of carbonyl (C=O) groups is 2. The zero-order valence-corrected chi connectivity index (χ0v) is 16.1. The lowest BCUT2D eigenvalue weighted by molar-refractivity contribution is -0.127. The van der Waals surface area contributed by atoms with E-state index in [2.05, 4.69) is 17.4 Å². The van der Waals surface area contributed by atoms with Crippen molar-refractivity contribution in [3.8, 4) is 11.5 Å². The molecule has 0 saturated carbocycles. The summed E-state index contributed by atoms with van der Waals surface area (Å²) >= 11 is 0. The van der Waals surface area contributed by atoms with E-state index in [4.69, 9.17) is 9.47 Å². The highest BCUT2D eigenvalue weighted by Crippen LogP contribution is 2.36. The van der Waals surface area contributed by atoms with Gasteiger partial charge in [-0.05, 0) is 36.1 Å². The molecule has 1 heterocycles. The molecule has 1 aliphatic carbocycles. The molecule has 1 fully saturated rings. The van der Waals surface area contributed by atoms with Gasteiger partial charge in [-0.3, -0.25) is 9.59 Å². The molecule has 0 radical (unpaired) electrons. The first-order valence-corrected chi connectivity index (χ1v) is 9.51. The van der Waals surface area contributed by atoms with Gasteiger partial charge in [0.15, 0.2) is 0 Å². The normalized spacial score (nSPS) is 20.8. The van der Waals surface area contributed by atoms with Crippen LogP contribution in [0.1, 0.15) is 30.0 Å². The van der Waals surface area contributed by atoms with Gasteiger partial charge >= 0.3 is 0 Å². The topological polar surface area (TPSA) is 67.9 Å². The molecule has 146 valence electrons. The third kappa shape index (κ3) is 3.30. The molecule has 0 bridgehead atoms. The summed E-state index contributed by atoms with van der Waals surface area (Å²) in [7, 11) is 3.14. The van der Waals surface area contributed by atoms with Crippen LogP contribution in [0.3, 0.4) is 0 Å². The number of amides is 2. The number of nitrogens with zero attached hydrogens (tertiary/aromatic N) is 1. The molecule has 6 nitrogen and oxygen atoms in total. The van der Waals surface area contributed by atoms with Crippen molar-refractivity contribution in [3.05, 3.63) is 53.6 Å². The molecule has 2 aromatic carbocycles. The van der Waals surface area contributed by atoms with E-state index in [-0.39, 0.29) is 30.2 Å². The standard InChI is InChI=1S/C22H24N2O4/c1-27-16-8-10-19(20(12-16)28-2)24-13-15(11-21(24)25)22(26)23-18-9-7-14-5-3-4-6-17(14)18/h3-6,8,10,12,15,18H,7,9,11,13H2,1-2H3,(H,23,26). The molecule has 4 rings (SSSR count). The van der Waals surface area contributed by atoms with Crippen molar-refractivity contribution in [2.45, 2.75) is 25.3 Å². The minimum Gasteiger partial charge on any atom is -0.497 e. The van der Waals surface area contributed by atoms with Crippen LogP contribution in [0.2, 0.25) is 0 Å². The first-order valence-electron chi connectivity index (χ1n) is 9.51. The fourth-order valence-electron chi connectivity index (χ4n) is 4.12. The van der Waals surface area contributed by atoms with Crippen molar-refractivity contribution in [2.24, 2.45) is 5.92 Å². The first-order chi connectivity index (χ1) is 13.6.